The van der Waals surface area contributed by atoms with Gasteiger partial charge >= 0.3 is 0 Å². The third kappa shape index (κ3) is 4.04. The van der Waals surface area contributed by atoms with E-state index in [2.05, 4.69) is 36.2 Å². The number of nitrogens with two attached hydrogens (primary N) is 1. The third-order valence-corrected chi connectivity index (χ3v) is 3.71. The molecule has 0 spiro atoms. The average Bonchev–Trinajstić information content (AvgIpc) is 2.46. The zero-order valence-corrected chi connectivity index (χ0v) is 13.4. The Balaban J connectivity index is 2.16. The first kappa shape index (κ1) is 16.0. The molecule has 0 aliphatic carbocycles. The smallest absolute Gasteiger partial charge is 0.221 e. The molecule has 1 saturated heterocycles. The summed E-state index contributed by atoms with van der Waals surface area (Å²) in [5.74, 6) is 8.05. The van der Waals surface area contributed by atoms with Crippen LogP contribution in [0.25, 0.3) is 0 Å². The molecule has 2 rings (SSSR count). The largest absolute Gasteiger partial charge is 0.477 e. The van der Waals surface area contributed by atoms with Crippen LogP contribution in [0.2, 0.25) is 0 Å². The van der Waals surface area contributed by atoms with Crippen LogP contribution in [-0.4, -0.2) is 29.8 Å². The second kappa shape index (κ2) is 6.58. The van der Waals surface area contributed by atoms with Gasteiger partial charge in [-0.25, -0.2) is 10.8 Å². The highest BCUT2D eigenvalue weighted by molar-refractivity contribution is 5.48. The molecule has 118 valence electrons. The van der Waals surface area contributed by atoms with Crippen molar-refractivity contribution in [1.82, 2.24) is 9.97 Å². The molecule has 1 aromatic rings. The maximum absolute atomic E-state index is 5.95. The fourth-order valence-corrected chi connectivity index (χ4v) is 2.22. The lowest BCUT2D eigenvalue weighted by Gasteiger charge is -2.24. The second-order valence-electron chi connectivity index (χ2n) is 6.59. The molecule has 21 heavy (non-hydrogen) atoms. The van der Waals surface area contributed by atoms with Gasteiger partial charge in [-0.2, -0.15) is 4.98 Å². The van der Waals surface area contributed by atoms with Crippen molar-refractivity contribution >= 4 is 5.82 Å². The van der Waals surface area contributed by atoms with E-state index in [1.807, 2.05) is 6.92 Å². The summed E-state index contributed by atoms with van der Waals surface area (Å²) in [5.41, 5.74) is 3.32. The number of nitrogen functional groups attached to an aromatic ring is 1. The number of rotatable bonds is 4. The Bertz CT molecular complexity index is 479. The summed E-state index contributed by atoms with van der Waals surface area (Å²) in [5, 5.41) is 0. The lowest BCUT2D eigenvalue weighted by molar-refractivity contribution is 0.0488. The Hall–Kier alpha value is -1.40. The average molecular weight is 294 g/mol. The standard InChI is InChI=1S/C15H26N4O2/c1-10-12(19-16)17-14(15(2,3)4)18-13(10)21-9-11-5-7-20-8-6-11/h11H,5-9,16H2,1-4H3,(H,17,18,19). The molecular formula is C15H26N4O2. The van der Waals surface area contributed by atoms with Crippen molar-refractivity contribution in [2.24, 2.45) is 11.8 Å². The fraction of sp³-hybridized carbons (Fsp3) is 0.733. The number of aromatic nitrogens is 2. The van der Waals surface area contributed by atoms with Crippen molar-refractivity contribution in [3.05, 3.63) is 11.4 Å². The van der Waals surface area contributed by atoms with Crippen LogP contribution in [0.4, 0.5) is 5.82 Å². The summed E-state index contributed by atoms with van der Waals surface area (Å²) in [6.07, 6.45) is 2.08. The predicted octanol–water partition coefficient (Wildman–Crippen LogP) is 2.17. The zero-order chi connectivity index (χ0) is 15.5. The molecule has 0 unspecified atom stereocenters. The molecular weight excluding hydrogens is 268 g/mol. The highest BCUT2D eigenvalue weighted by Gasteiger charge is 2.22. The van der Waals surface area contributed by atoms with Crippen molar-refractivity contribution in [2.75, 3.05) is 25.2 Å². The molecule has 0 aromatic carbocycles. The van der Waals surface area contributed by atoms with Crippen molar-refractivity contribution in [3.8, 4) is 5.88 Å². The first-order valence-corrected chi connectivity index (χ1v) is 7.48. The van der Waals surface area contributed by atoms with E-state index in [0.717, 1.165) is 37.4 Å². The SMILES string of the molecule is Cc1c(NN)nc(C(C)(C)C)nc1OCC1CCOCC1. The molecule has 0 atom stereocenters. The molecule has 0 radical (unpaired) electrons. The summed E-state index contributed by atoms with van der Waals surface area (Å²) in [6, 6.07) is 0. The number of nitrogens with zero attached hydrogens (tertiary/aromatic N) is 2. The fourth-order valence-electron chi connectivity index (χ4n) is 2.22. The van der Waals surface area contributed by atoms with Gasteiger partial charge in [0, 0.05) is 18.6 Å². The van der Waals surface area contributed by atoms with Gasteiger partial charge in [-0.05, 0) is 25.7 Å². The molecule has 3 N–H and O–H groups in total. The summed E-state index contributed by atoms with van der Waals surface area (Å²) < 4.78 is 11.3. The number of hydrazine groups is 1. The van der Waals surface area contributed by atoms with Crippen molar-refractivity contribution in [3.63, 3.8) is 0 Å². The zero-order valence-electron chi connectivity index (χ0n) is 13.4. The Kier molecular flexibility index (Phi) is 5.00. The maximum Gasteiger partial charge on any atom is 0.221 e. The van der Waals surface area contributed by atoms with Gasteiger partial charge in [0.25, 0.3) is 0 Å². The minimum absolute atomic E-state index is 0.157. The van der Waals surface area contributed by atoms with Gasteiger partial charge in [0.05, 0.1) is 12.2 Å². The monoisotopic (exact) mass is 294 g/mol. The summed E-state index contributed by atoms with van der Waals surface area (Å²) in [7, 11) is 0. The minimum Gasteiger partial charge on any atom is -0.477 e. The van der Waals surface area contributed by atoms with Gasteiger partial charge in [0.2, 0.25) is 5.88 Å². The lowest BCUT2D eigenvalue weighted by Crippen LogP contribution is -2.24. The highest BCUT2D eigenvalue weighted by atomic mass is 16.5. The highest BCUT2D eigenvalue weighted by Crippen LogP contribution is 2.28. The van der Waals surface area contributed by atoms with E-state index in [-0.39, 0.29) is 5.41 Å². The molecule has 6 nitrogen and oxygen atoms in total. The normalized spacial score (nSPS) is 16.8. The number of hydrogen-bond acceptors (Lipinski definition) is 6. The van der Waals surface area contributed by atoms with Crippen LogP contribution in [0.1, 0.15) is 45.0 Å². The van der Waals surface area contributed by atoms with Crippen LogP contribution < -0.4 is 16.0 Å². The van der Waals surface area contributed by atoms with E-state index in [9.17, 15) is 0 Å². The Morgan fingerprint density at radius 1 is 1.29 bits per heavy atom. The summed E-state index contributed by atoms with van der Waals surface area (Å²) in [4.78, 5) is 9.05. The van der Waals surface area contributed by atoms with Gasteiger partial charge in [0.1, 0.15) is 5.82 Å². The van der Waals surface area contributed by atoms with Gasteiger partial charge < -0.3 is 14.9 Å². The van der Waals surface area contributed by atoms with E-state index in [4.69, 9.17) is 15.3 Å². The molecule has 2 heterocycles. The minimum atomic E-state index is -0.157. The van der Waals surface area contributed by atoms with E-state index in [1.165, 1.54) is 0 Å². The number of nitrogens with one attached hydrogen (secondary N) is 1. The van der Waals surface area contributed by atoms with Crippen LogP contribution in [0.15, 0.2) is 0 Å². The molecule has 0 amide bonds. The molecule has 1 aromatic heterocycles. The number of hydrogen-bond donors (Lipinski definition) is 2. The van der Waals surface area contributed by atoms with Crippen LogP contribution in [0.5, 0.6) is 5.88 Å². The van der Waals surface area contributed by atoms with Crippen molar-refractivity contribution in [1.29, 1.82) is 0 Å². The number of ether oxygens (including phenoxy) is 2. The summed E-state index contributed by atoms with van der Waals surface area (Å²) in [6.45, 7) is 10.4. The van der Waals surface area contributed by atoms with Crippen LogP contribution in [0.3, 0.4) is 0 Å². The van der Waals surface area contributed by atoms with E-state index >= 15 is 0 Å². The molecule has 0 saturated carbocycles. The Morgan fingerprint density at radius 3 is 2.52 bits per heavy atom. The molecule has 1 aliphatic heterocycles. The Morgan fingerprint density at radius 2 is 1.95 bits per heavy atom. The van der Waals surface area contributed by atoms with E-state index < -0.39 is 0 Å². The van der Waals surface area contributed by atoms with E-state index in [0.29, 0.717) is 24.2 Å². The van der Waals surface area contributed by atoms with E-state index in [1.54, 1.807) is 0 Å². The van der Waals surface area contributed by atoms with Gasteiger partial charge in [-0.15, -0.1) is 0 Å². The molecule has 6 heteroatoms. The van der Waals surface area contributed by atoms with Crippen LogP contribution >= 0.6 is 0 Å². The second-order valence-corrected chi connectivity index (χ2v) is 6.59. The lowest BCUT2D eigenvalue weighted by atomic mass is 9.95. The first-order valence-electron chi connectivity index (χ1n) is 7.48. The van der Waals surface area contributed by atoms with Gasteiger partial charge in [0.15, 0.2) is 5.82 Å². The van der Waals surface area contributed by atoms with Crippen LogP contribution in [-0.2, 0) is 10.2 Å². The molecule has 0 bridgehead atoms. The summed E-state index contributed by atoms with van der Waals surface area (Å²) >= 11 is 0. The third-order valence-electron chi connectivity index (χ3n) is 3.71. The van der Waals surface area contributed by atoms with Gasteiger partial charge in [-0.3, -0.25) is 0 Å². The maximum atomic E-state index is 5.95. The van der Waals surface area contributed by atoms with Gasteiger partial charge in [-0.1, -0.05) is 20.8 Å². The quantitative estimate of drug-likeness (QED) is 0.654. The van der Waals surface area contributed by atoms with Crippen molar-refractivity contribution in [2.45, 2.75) is 46.0 Å². The Labute approximate surface area is 126 Å². The molecule has 1 aliphatic rings. The van der Waals surface area contributed by atoms with Crippen molar-refractivity contribution < 1.29 is 9.47 Å². The van der Waals surface area contributed by atoms with Crippen LogP contribution in [0, 0.1) is 12.8 Å². The predicted molar refractivity (Wildman–Crippen MR) is 82.3 cm³/mol. The first-order chi connectivity index (χ1) is 9.91. The topological polar surface area (TPSA) is 82.3 Å². The number of anilines is 1. The molecule has 1 fully saturated rings.